The van der Waals surface area contributed by atoms with E-state index in [4.69, 9.17) is 8.92 Å². The first-order valence-corrected chi connectivity index (χ1v) is 10.4. The topological polar surface area (TPSA) is 94.1 Å². The van der Waals surface area contributed by atoms with E-state index in [0.29, 0.717) is 16.9 Å². The van der Waals surface area contributed by atoms with Crippen molar-refractivity contribution >= 4 is 22.2 Å². The van der Waals surface area contributed by atoms with Crippen LogP contribution in [0.1, 0.15) is 21.5 Å². The average Bonchev–Trinajstić information content (AvgIpc) is 2.74. The number of amides is 1. The number of carbonyl (C=O) groups is 1. The van der Waals surface area contributed by atoms with E-state index >= 15 is 0 Å². The molecule has 7 nitrogen and oxygen atoms in total. The van der Waals surface area contributed by atoms with Crippen LogP contribution in [0, 0.1) is 6.92 Å². The van der Waals surface area contributed by atoms with Gasteiger partial charge >= 0.3 is 10.1 Å². The van der Waals surface area contributed by atoms with E-state index < -0.39 is 16.0 Å². The number of methoxy groups -OCH3 is 1. The molecule has 0 saturated heterocycles. The Bertz CT molecular complexity index is 1170. The minimum absolute atomic E-state index is 0.0660. The van der Waals surface area contributed by atoms with Crippen LogP contribution in [-0.4, -0.2) is 27.6 Å². The lowest BCUT2D eigenvalue weighted by atomic mass is 10.2. The molecule has 1 amide bonds. The molecular weight excluding hydrogens is 404 g/mol. The minimum Gasteiger partial charge on any atom is -0.496 e. The zero-order valence-electron chi connectivity index (χ0n) is 16.4. The van der Waals surface area contributed by atoms with Crippen LogP contribution in [0.4, 0.5) is 0 Å². The van der Waals surface area contributed by atoms with Crippen molar-refractivity contribution in [3.05, 3.63) is 89.5 Å². The van der Waals surface area contributed by atoms with Gasteiger partial charge in [-0.1, -0.05) is 42.0 Å². The third kappa shape index (κ3) is 5.24. The van der Waals surface area contributed by atoms with E-state index in [1.807, 2.05) is 6.92 Å². The van der Waals surface area contributed by atoms with Crippen LogP contribution < -0.4 is 14.3 Å². The summed E-state index contributed by atoms with van der Waals surface area (Å²) >= 11 is 0. The summed E-state index contributed by atoms with van der Waals surface area (Å²) < 4.78 is 35.2. The Morgan fingerprint density at radius 2 is 1.73 bits per heavy atom. The largest absolute Gasteiger partial charge is 0.496 e. The van der Waals surface area contributed by atoms with Gasteiger partial charge in [0.05, 0.1) is 18.9 Å². The third-order valence-electron chi connectivity index (χ3n) is 4.10. The van der Waals surface area contributed by atoms with Crippen molar-refractivity contribution in [1.29, 1.82) is 0 Å². The van der Waals surface area contributed by atoms with Crippen LogP contribution in [0.5, 0.6) is 11.5 Å². The molecule has 3 rings (SSSR count). The van der Waals surface area contributed by atoms with E-state index in [1.54, 1.807) is 48.5 Å². The highest BCUT2D eigenvalue weighted by Crippen LogP contribution is 2.20. The van der Waals surface area contributed by atoms with Gasteiger partial charge in [0.25, 0.3) is 5.91 Å². The number of hydrogen-bond donors (Lipinski definition) is 1. The molecule has 1 N–H and O–H groups in total. The molecule has 0 aliphatic rings. The standard InChI is InChI=1S/C22H20N2O5S/c1-16-10-12-19(13-11-16)30(26,27)29-18-7-5-6-17(14-18)15-23-24-22(25)20-8-3-4-9-21(20)28-2/h3-15H,1-2H3,(H,24,25)/b23-15+. The molecule has 0 aromatic heterocycles. The van der Waals surface area contributed by atoms with Gasteiger partial charge in [0.1, 0.15) is 16.4 Å². The fourth-order valence-corrected chi connectivity index (χ4v) is 3.51. The van der Waals surface area contributed by atoms with Gasteiger partial charge in [0.15, 0.2) is 0 Å². The average molecular weight is 424 g/mol. The molecule has 3 aromatic rings. The molecule has 0 spiro atoms. The maximum absolute atomic E-state index is 12.4. The molecule has 0 heterocycles. The van der Waals surface area contributed by atoms with Crippen LogP contribution in [0.3, 0.4) is 0 Å². The molecule has 154 valence electrons. The van der Waals surface area contributed by atoms with Gasteiger partial charge in [-0.25, -0.2) is 5.43 Å². The van der Waals surface area contributed by atoms with Gasteiger partial charge in [-0.2, -0.15) is 13.5 Å². The highest BCUT2D eigenvalue weighted by molar-refractivity contribution is 7.87. The van der Waals surface area contributed by atoms with Gasteiger partial charge in [-0.3, -0.25) is 4.79 Å². The highest BCUT2D eigenvalue weighted by atomic mass is 32.2. The molecular formula is C22H20N2O5S. The Balaban J connectivity index is 1.69. The van der Waals surface area contributed by atoms with Crippen LogP contribution in [0.25, 0.3) is 0 Å². The quantitative estimate of drug-likeness (QED) is 0.356. The molecule has 0 saturated carbocycles. The molecule has 0 fully saturated rings. The number of hydrazone groups is 1. The minimum atomic E-state index is -3.95. The fourth-order valence-electron chi connectivity index (χ4n) is 2.58. The predicted molar refractivity (Wildman–Crippen MR) is 113 cm³/mol. The second-order valence-corrected chi connectivity index (χ2v) is 7.87. The van der Waals surface area contributed by atoms with Crippen LogP contribution >= 0.6 is 0 Å². The summed E-state index contributed by atoms with van der Waals surface area (Å²) in [7, 11) is -2.47. The highest BCUT2D eigenvalue weighted by Gasteiger charge is 2.16. The van der Waals surface area contributed by atoms with Gasteiger partial charge < -0.3 is 8.92 Å². The van der Waals surface area contributed by atoms with Crippen molar-refractivity contribution in [3.8, 4) is 11.5 Å². The first-order chi connectivity index (χ1) is 14.4. The van der Waals surface area contributed by atoms with Crippen molar-refractivity contribution in [1.82, 2.24) is 5.43 Å². The normalized spacial score (nSPS) is 11.3. The Hall–Kier alpha value is -3.65. The number of ether oxygens (including phenoxy) is 1. The van der Waals surface area contributed by atoms with Crippen molar-refractivity contribution in [2.75, 3.05) is 7.11 Å². The molecule has 0 radical (unpaired) electrons. The first kappa shape index (κ1) is 21.1. The summed E-state index contributed by atoms with van der Waals surface area (Å²) in [4.78, 5) is 12.3. The SMILES string of the molecule is COc1ccccc1C(=O)N/N=C/c1cccc(OS(=O)(=O)c2ccc(C)cc2)c1. The summed E-state index contributed by atoms with van der Waals surface area (Å²) in [5.41, 5.74) is 4.25. The summed E-state index contributed by atoms with van der Waals surface area (Å²) in [5.74, 6) is 0.135. The van der Waals surface area contributed by atoms with E-state index in [2.05, 4.69) is 10.5 Å². The second kappa shape index (κ2) is 9.23. The lowest BCUT2D eigenvalue weighted by Gasteiger charge is -2.08. The van der Waals surface area contributed by atoms with Gasteiger partial charge in [-0.15, -0.1) is 0 Å². The number of para-hydroxylation sites is 1. The second-order valence-electron chi connectivity index (χ2n) is 6.32. The van der Waals surface area contributed by atoms with Crippen molar-refractivity contribution in [2.45, 2.75) is 11.8 Å². The lowest BCUT2D eigenvalue weighted by molar-refractivity contribution is 0.0952. The Kier molecular flexibility index (Phi) is 6.48. The van der Waals surface area contributed by atoms with E-state index in [9.17, 15) is 13.2 Å². The number of nitrogens with zero attached hydrogens (tertiary/aromatic N) is 1. The number of nitrogens with one attached hydrogen (secondary N) is 1. The Morgan fingerprint density at radius 3 is 2.47 bits per heavy atom. The molecule has 8 heteroatoms. The summed E-state index contributed by atoms with van der Waals surface area (Å²) in [6, 6.07) is 19.5. The van der Waals surface area contributed by atoms with E-state index in [0.717, 1.165) is 5.56 Å². The van der Waals surface area contributed by atoms with Crippen LogP contribution in [0.15, 0.2) is 82.8 Å². The van der Waals surface area contributed by atoms with Gasteiger partial charge in [0, 0.05) is 0 Å². The first-order valence-electron chi connectivity index (χ1n) is 8.97. The van der Waals surface area contributed by atoms with E-state index in [-0.39, 0.29) is 10.6 Å². The molecule has 0 bridgehead atoms. The summed E-state index contributed by atoms with van der Waals surface area (Å²) in [6.45, 7) is 1.87. The molecule has 0 aliphatic carbocycles. The molecule has 3 aromatic carbocycles. The monoisotopic (exact) mass is 424 g/mol. The Labute approximate surface area is 175 Å². The molecule has 0 unspecified atom stereocenters. The number of aryl methyl sites for hydroxylation is 1. The van der Waals surface area contributed by atoms with Crippen molar-refractivity contribution in [2.24, 2.45) is 5.10 Å². The smallest absolute Gasteiger partial charge is 0.339 e. The van der Waals surface area contributed by atoms with Gasteiger partial charge in [-0.05, 0) is 48.9 Å². The zero-order chi connectivity index (χ0) is 21.6. The number of carbonyl (C=O) groups excluding carboxylic acids is 1. The Morgan fingerprint density at radius 1 is 1.00 bits per heavy atom. The number of rotatable bonds is 7. The zero-order valence-corrected chi connectivity index (χ0v) is 17.2. The fraction of sp³-hybridized carbons (Fsp3) is 0.0909. The molecule has 0 aliphatic heterocycles. The van der Waals surface area contributed by atoms with Crippen molar-refractivity contribution in [3.63, 3.8) is 0 Å². The number of benzene rings is 3. The van der Waals surface area contributed by atoms with Crippen LogP contribution in [0.2, 0.25) is 0 Å². The maximum Gasteiger partial charge on any atom is 0.339 e. The third-order valence-corrected chi connectivity index (χ3v) is 5.37. The predicted octanol–water partition coefficient (Wildman–Crippen LogP) is 3.54. The summed E-state index contributed by atoms with van der Waals surface area (Å²) in [6.07, 6.45) is 1.39. The number of hydrogen-bond acceptors (Lipinski definition) is 6. The van der Waals surface area contributed by atoms with Gasteiger partial charge in [0.2, 0.25) is 0 Å². The summed E-state index contributed by atoms with van der Waals surface area (Å²) in [5, 5.41) is 3.91. The van der Waals surface area contributed by atoms with Crippen molar-refractivity contribution < 1.29 is 22.1 Å². The molecule has 30 heavy (non-hydrogen) atoms. The van der Waals surface area contributed by atoms with Crippen LogP contribution in [-0.2, 0) is 10.1 Å². The lowest BCUT2D eigenvalue weighted by Crippen LogP contribution is -2.18. The maximum atomic E-state index is 12.4. The molecule has 0 atom stereocenters. The van der Waals surface area contributed by atoms with E-state index in [1.165, 1.54) is 37.6 Å².